The van der Waals surface area contributed by atoms with Crippen molar-refractivity contribution in [1.82, 2.24) is 4.57 Å². The molecular weight excluding hydrogens is 276 g/mol. The van der Waals surface area contributed by atoms with Crippen molar-refractivity contribution in [3.05, 3.63) is 27.1 Å². The topological polar surface area (TPSA) is 48.0 Å². The van der Waals surface area contributed by atoms with Crippen molar-refractivity contribution in [3.63, 3.8) is 0 Å². The first-order valence-electron chi connectivity index (χ1n) is 4.93. The number of nitrogen functional groups attached to an aromatic ring is 1. The average molecular weight is 289 g/mol. The van der Waals surface area contributed by atoms with Crippen LogP contribution in [0.2, 0.25) is 0 Å². The largest absolute Gasteiger partial charge is 0.394 e. The molecular formula is C10H13BrN2OS. The van der Waals surface area contributed by atoms with E-state index in [0.717, 1.165) is 6.54 Å². The minimum atomic E-state index is -0.120. The Balaban J connectivity index is 2.18. The number of hydrogen-bond acceptors (Lipinski definition) is 3. The van der Waals surface area contributed by atoms with Crippen LogP contribution in [0.25, 0.3) is 0 Å². The molecule has 0 amide bonds. The third-order valence-corrected chi connectivity index (χ3v) is 4.45. The zero-order valence-corrected chi connectivity index (χ0v) is 10.7. The van der Waals surface area contributed by atoms with Crippen molar-refractivity contribution in [3.8, 4) is 0 Å². The maximum Gasteiger partial charge on any atom is 0.218 e. The van der Waals surface area contributed by atoms with E-state index in [1.165, 1.54) is 18.6 Å². The lowest BCUT2D eigenvalue weighted by atomic mass is 10.2. The van der Waals surface area contributed by atoms with E-state index in [2.05, 4.69) is 15.9 Å². The highest BCUT2D eigenvalue weighted by molar-refractivity contribution is 9.10. The van der Waals surface area contributed by atoms with E-state index < -0.39 is 0 Å². The van der Waals surface area contributed by atoms with Gasteiger partial charge in [-0.05, 0) is 34.5 Å². The van der Waals surface area contributed by atoms with E-state index in [1.54, 1.807) is 6.20 Å². The first-order valence-corrected chi connectivity index (χ1v) is 6.77. The smallest absolute Gasteiger partial charge is 0.218 e. The molecule has 3 nitrogen and oxygen atoms in total. The first kappa shape index (κ1) is 11.1. The van der Waals surface area contributed by atoms with Gasteiger partial charge in [-0.2, -0.15) is 11.8 Å². The molecule has 1 aliphatic heterocycles. The van der Waals surface area contributed by atoms with Crippen LogP contribution in [0.1, 0.15) is 12.8 Å². The molecule has 0 bridgehead atoms. The SMILES string of the molecule is Nc1cn(CC2CCCS2)cc(Br)c1=O. The quantitative estimate of drug-likeness (QED) is 0.907. The third kappa shape index (κ3) is 2.58. The Bertz CT molecular complexity index is 386. The average Bonchev–Trinajstić information content (AvgIpc) is 2.66. The van der Waals surface area contributed by atoms with Gasteiger partial charge in [-0.15, -0.1) is 0 Å². The van der Waals surface area contributed by atoms with Gasteiger partial charge in [-0.3, -0.25) is 4.79 Å². The van der Waals surface area contributed by atoms with Crippen LogP contribution in [-0.4, -0.2) is 15.6 Å². The molecule has 2 heterocycles. The van der Waals surface area contributed by atoms with E-state index in [-0.39, 0.29) is 5.43 Å². The molecule has 1 fully saturated rings. The highest BCUT2D eigenvalue weighted by atomic mass is 79.9. The molecule has 5 heteroatoms. The predicted molar refractivity (Wildman–Crippen MR) is 68.3 cm³/mol. The minimum Gasteiger partial charge on any atom is -0.394 e. The van der Waals surface area contributed by atoms with Crippen LogP contribution in [0.4, 0.5) is 5.69 Å². The zero-order chi connectivity index (χ0) is 10.8. The van der Waals surface area contributed by atoms with E-state index in [4.69, 9.17) is 5.73 Å². The fourth-order valence-electron chi connectivity index (χ4n) is 1.75. The molecule has 0 aliphatic carbocycles. The summed E-state index contributed by atoms with van der Waals surface area (Å²) in [6, 6.07) is 0. The Morgan fingerprint density at radius 2 is 2.40 bits per heavy atom. The second-order valence-electron chi connectivity index (χ2n) is 3.72. The number of nitrogens with zero attached hydrogens (tertiary/aromatic N) is 1. The Kier molecular flexibility index (Phi) is 3.41. The van der Waals surface area contributed by atoms with Crippen LogP contribution >= 0.6 is 27.7 Å². The van der Waals surface area contributed by atoms with E-state index in [0.29, 0.717) is 15.4 Å². The van der Waals surface area contributed by atoms with Gasteiger partial charge >= 0.3 is 0 Å². The molecule has 1 aromatic rings. The van der Waals surface area contributed by atoms with Gasteiger partial charge in [0, 0.05) is 24.2 Å². The van der Waals surface area contributed by atoms with Gasteiger partial charge in [-0.25, -0.2) is 0 Å². The summed E-state index contributed by atoms with van der Waals surface area (Å²) < 4.78 is 2.55. The fourth-order valence-corrected chi connectivity index (χ4v) is 3.51. The number of halogens is 1. The number of thioether (sulfide) groups is 1. The summed E-state index contributed by atoms with van der Waals surface area (Å²) in [6.07, 6.45) is 6.10. The summed E-state index contributed by atoms with van der Waals surface area (Å²) in [4.78, 5) is 11.4. The highest BCUT2D eigenvalue weighted by Crippen LogP contribution is 2.27. The van der Waals surface area contributed by atoms with Crippen molar-refractivity contribution in [1.29, 1.82) is 0 Å². The van der Waals surface area contributed by atoms with Gasteiger partial charge in [0.05, 0.1) is 10.2 Å². The van der Waals surface area contributed by atoms with Crippen LogP contribution in [0.5, 0.6) is 0 Å². The van der Waals surface area contributed by atoms with Crippen molar-refractivity contribution < 1.29 is 0 Å². The van der Waals surface area contributed by atoms with E-state index >= 15 is 0 Å². The van der Waals surface area contributed by atoms with Gasteiger partial charge < -0.3 is 10.3 Å². The molecule has 0 aromatic carbocycles. The monoisotopic (exact) mass is 288 g/mol. The predicted octanol–water partition coefficient (Wildman–Crippen LogP) is 2.09. The third-order valence-electron chi connectivity index (χ3n) is 2.50. The van der Waals surface area contributed by atoms with Gasteiger partial charge in [0.1, 0.15) is 0 Å². The van der Waals surface area contributed by atoms with Crippen molar-refractivity contribution in [2.75, 3.05) is 11.5 Å². The van der Waals surface area contributed by atoms with Crippen LogP contribution in [0.15, 0.2) is 21.7 Å². The summed E-state index contributed by atoms with van der Waals surface area (Å²) in [5, 5.41) is 0.666. The Hall–Kier alpha value is -0.420. The summed E-state index contributed by atoms with van der Waals surface area (Å²) in [7, 11) is 0. The number of rotatable bonds is 2. The number of anilines is 1. The van der Waals surface area contributed by atoms with Crippen LogP contribution in [0, 0.1) is 0 Å². The van der Waals surface area contributed by atoms with Gasteiger partial charge in [0.2, 0.25) is 5.43 Å². The van der Waals surface area contributed by atoms with E-state index in [9.17, 15) is 4.79 Å². The van der Waals surface area contributed by atoms with Gasteiger partial charge in [-0.1, -0.05) is 0 Å². The second-order valence-corrected chi connectivity index (χ2v) is 5.99. The van der Waals surface area contributed by atoms with Crippen molar-refractivity contribution in [2.24, 2.45) is 0 Å². The van der Waals surface area contributed by atoms with Crippen LogP contribution in [-0.2, 0) is 6.54 Å². The fraction of sp³-hybridized carbons (Fsp3) is 0.500. The molecule has 82 valence electrons. The molecule has 2 N–H and O–H groups in total. The molecule has 0 saturated carbocycles. The van der Waals surface area contributed by atoms with Crippen LogP contribution < -0.4 is 11.2 Å². The molecule has 1 atom stereocenters. The molecule has 1 unspecified atom stereocenters. The Labute approximate surface area is 101 Å². The number of pyridine rings is 1. The molecule has 2 rings (SSSR count). The second kappa shape index (κ2) is 4.61. The first-order chi connectivity index (χ1) is 7.16. The Morgan fingerprint density at radius 3 is 3.00 bits per heavy atom. The van der Waals surface area contributed by atoms with Crippen molar-refractivity contribution in [2.45, 2.75) is 24.6 Å². The lowest BCUT2D eigenvalue weighted by Crippen LogP contribution is -2.16. The Morgan fingerprint density at radius 1 is 1.60 bits per heavy atom. The summed E-state index contributed by atoms with van der Waals surface area (Å²) in [6.45, 7) is 0.938. The van der Waals surface area contributed by atoms with E-state index in [1.807, 2.05) is 22.5 Å². The number of hydrogen-bond donors (Lipinski definition) is 1. The maximum absolute atomic E-state index is 11.4. The maximum atomic E-state index is 11.4. The summed E-state index contributed by atoms with van der Waals surface area (Å²) in [5.74, 6) is 1.25. The summed E-state index contributed by atoms with van der Waals surface area (Å²) >= 11 is 5.22. The summed E-state index contributed by atoms with van der Waals surface area (Å²) in [5.41, 5.74) is 5.82. The van der Waals surface area contributed by atoms with Crippen LogP contribution in [0.3, 0.4) is 0 Å². The normalized spacial score (nSPS) is 20.7. The molecule has 1 aliphatic rings. The molecule has 1 aromatic heterocycles. The molecule has 0 radical (unpaired) electrons. The van der Waals surface area contributed by atoms with Crippen molar-refractivity contribution >= 4 is 33.4 Å². The number of nitrogens with two attached hydrogens (primary N) is 1. The number of aromatic nitrogens is 1. The standard InChI is InChI=1S/C10H13BrN2OS/c11-8-5-13(6-9(12)10(8)14)4-7-2-1-3-15-7/h5-7H,1-4,12H2. The lowest BCUT2D eigenvalue weighted by molar-refractivity contribution is 0.634. The van der Waals surface area contributed by atoms with Gasteiger partial charge in [0.25, 0.3) is 0 Å². The molecule has 0 spiro atoms. The molecule has 1 saturated heterocycles. The van der Waals surface area contributed by atoms with Gasteiger partial charge in [0.15, 0.2) is 0 Å². The molecule has 15 heavy (non-hydrogen) atoms. The zero-order valence-electron chi connectivity index (χ0n) is 8.28. The highest BCUT2D eigenvalue weighted by Gasteiger charge is 2.16. The lowest BCUT2D eigenvalue weighted by Gasteiger charge is -2.12. The minimum absolute atomic E-state index is 0.120.